The van der Waals surface area contributed by atoms with Crippen LogP contribution in [0.15, 0.2) is 42.7 Å². The number of H-pyrrole nitrogens is 1. The number of carbonyl (C=O) groups is 1. The molecule has 1 amide bonds. The number of halogens is 1. The number of carbonyl (C=O) groups excluding carboxylic acids is 1. The average molecular weight is 367 g/mol. The summed E-state index contributed by atoms with van der Waals surface area (Å²) < 4.78 is 13.7. The number of benzene rings is 2. The van der Waals surface area contributed by atoms with Gasteiger partial charge >= 0.3 is 0 Å². The van der Waals surface area contributed by atoms with E-state index in [2.05, 4.69) is 49.8 Å². The van der Waals surface area contributed by atoms with Crippen molar-refractivity contribution in [1.29, 1.82) is 0 Å². The summed E-state index contributed by atoms with van der Waals surface area (Å²) >= 11 is 0. The Morgan fingerprint density at radius 1 is 1.19 bits per heavy atom. The van der Waals surface area contributed by atoms with Crippen LogP contribution in [0.4, 0.5) is 10.1 Å². The van der Waals surface area contributed by atoms with Gasteiger partial charge in [-0.15, -0.1) is 0 Å². The number of hydrogen-bond acceptors (Lipinski definition) is 4. The molecule has 3 N–H and O–H groups in total. The molecule has 140 valence electrons. The summed E-state index contributed by atoms with van der Waals surface area (Å²) in [6.45, 7) is 4.54. The van der Waals surface area contributed by atoms with Crippen LogP contribution in [0.3, 0.4) is 0 Å². The second kappa shape index (κ2) is 7.75. The third-order valence-electron chi connectivity index (χ3n) is 4.85. The van der Waals surface area contributed by atoms with E-state index in [4.69, 9.17) is 0 Å². The highest BCUT2D eigenvalue weighted by molar-refractivity contribution is 6.04. The minimum Gasteiger partial charge on any atom is -0.369 e. The Kier molecular flexibility index (Phi) is 5.02. The van der Waals surface area contributed by atoms with E-state index in [1.54, 1.807) is 0 Å². The lowest BCUT2D eigenvalue weighted by Crippen LogP contribution is -2.43. The average Bonchev–Trinajstić information content (AvgIpc) is 3.17. The van der Waals surface area contributed by atoms with Crippen LogP contribution in [0, 0.1) is 5.82 Å². The Labute approximate surface area is 156 Å². The van der Waals surface area contributed by atoms with E-state index in [1.165, 1.54) is 24.1 Å². The summed E-state index contributed by atoms with van der Waals surface area (Å²) in [7, 11) is 0. The number of nitrogens with zero attached hydrogens (tertiary/aromatic N) is 2. The Bertz CT molecular complexity index is 931. The van der Waals surface area contributed by atoms with Crippen LogP contribution in [0.2, 0.25) is 0 Å². The highest BCUT2D eigenvalue weighted by Gasteiger charge is 2.14. The lowest BCUT2D eigenvalue weighted by Gasteiger charge is -2.29. The van der Waals surface area contributed by atoms with Crippen LogP contribution >= 0.6 is 0 Å². The molecule has 2 heterocycles. The largest absolute Gasteiger partial charge is 0.369 e. The molecular weight excluding hydrogens is 345 g/mol. The summed E-state index contributed by atoms with van der Waals surface area (Å²) in [4.78, 5) is 21.7. The van der Waals surface area contributed by atoms with Crippen LogP contribution in [-0.2, 0) is 6.42 Å². The quantitative estimate of drug-likeness (QED) is 0.646. The molecule has 6 nitrogen and oxygen atoms in total. The number of nitrogens with one attached hydrogen (secondary N) is 3. The lowest BCUT2D eigenvalue weighted by molar-refractivity contribution is 0.0955. The fraction of sp³-hybridized carbons (Fsp3) is 0.300. The van der Waals surface area contributed by atoms with Crippen molar-refractivity contribution in [3.63, 3.8) is 0 Å². The first-order valence-corrected chi connectivity index (χ1v) is 9.16. The molecule has 1 aromatic heterocycles. The van der Waals surface area contributed by atoms with Crippen molar-refractivity contribution >= 4 is 22.6 Å². The van der Waals surface area contributed by atoms with Gasteiger partial charge in [-0.05, 0) is 36.2 Å². The summed E-state index contributed by atoms with van der Waals surface area (Å²) in [6, 6.07) is 11.0. The number of piperazine rings is 1. The molecule has 1 saturated heterocycles. The first-order chi connectivity index (χ1) is 13.2. The van der Waals surface area contributed by atoms with Gasteiger partial charge in [-0.25, -0.2) is 9.37 Å². The number of imidazole rings is 1. The molecule has 27 heavy (non-hydrogen) atoms. The van der Waals surface area contributed by atoms with Crippen LogP contribution in [0.25, 0.3) is 11.0 Å². The molecule has 0 spiro atoms. The van der Waals surface area contributed by atoms with Crippen LogP contribution in [0.5, 0.6) is 0 Å². The minimum atomic E-state index is -0.458. The maximum absolute atomic E-state index is 13.7. The molecular formula is C20H22FN5O. The van der Waals surface area contributed by atoms with Gasteiger partial charge in [-0.2, -0.15) is 0 Å². The SMILES string of the molecule is O=C(NCCc1ccc(N2CCNCC2)cc1)c1cc(F)cc2[nH]cnc12. The molecule has 1 fully saturated rings. The molecule has 1 aliphatic rings. The normalized spacial score (nSPS) is 14.5. The van der Waals surface area contributed by atoms with Gasteiger partial charge in [0, 0.05) is 38.4 Å². The van der Waals surface area contributed by atoms with E-state index >= 15 is 0 Å². The third-order valence-corrected chi connectivity index (χ3v) is 4.85. The molecule has 1 aliphatic heterocycles. The van der Waals surface area contributed by atoms with Crippen LogP contribution in [0.1, 0.15) is 15.9 Å². The van der Waals surface area contributed by atoms with Crippen LogP contribution < -0.4 is 15.5 Å². The van der Waals surface area contributed by atoms with E-state index in [0.29, 0.717) is 24.0 Å². The van der Waals surface area contributed by atoms with Crippen molar-refractivity contribution in [3.05, 3.63) is 59.7 Å². The van der Waals surface area contributed by atoms with Gasteiger partial charge in [0.1, 0.15) is 11.3 Å². The zero-order chi connectivity index (χ0) is 18.6. The van der Waals surface area contributed by atoms with Crippen molar-refractivity contribution in [3.8, 4) is 0 Å². The molecule has 0 bridgehead atoms. The van der Waals surface area contributed by atoms with Crippen molar-refractivity contribution < 1.29 is 9.18 Å². The second-order valence-corrected chi connectivity index (χ2v) is 6.66. The van der Waals surface area contributed by atoms with E-state index < -0.39 is 5.82 Å². The Morgan fingerprint density at radius 2 is 1.96 bits per heavy atom. The molecule has 2 aromatic carbocycles. The Morgan fingerprint density at radius 3 is 2.74 bits per heavy atom. The van der Waals surface area contributed by atoms with Gasteiger partial charge < -0.3 is 20.5 Å². The smallest absolute Gasteiger partial charge is 0.253 e. The highest BCUT2D eigenvalue weighted by atomic mass is 19.1. The van der Waals surface area contributed by atoms with E-state index in [9.17, 15) is 9.18 Å². The summed E-state index contributed by atoms with van der Waals surface area (Å²) in [6.07, 6.45) is 2.17. The first-order valence-electron chi connectivity index (χ1n) is 9.16. The molecule has 7 heteroatoms. The predicted molar refractivity (Wildman–Crippen MR) is 104 cm³/mol. The number of hydrogen-bond donors (Lipinski definition) is 3. The van der Waals surface area contributed by atoms with Gasteiger partial charge in [0.25, 0.3) is 5.91 Å². The summed E-state index contributed by atoms with van der Waals surface area (Å²) in [5.74, 6) is -0.774. The zero-order valence-electron chi connectivity index (χ0n) is 15.0. The molecule has 3 aromatic rings. The van der Waals surface area contributed by atoms with Crippen LogP contribution in [-0.4, -0.2) is 48.6 Å². The second-order valence-electron chi connectivity index (χ2n) is 6.66. The molecule has 0 saturated carbocycles. The van der Waals surface area contributed by atoms with Crippen molar-refractivity contribution in [2.24, 2.45) is 0 Å². The predicted octanol–water partition coefficient (Wildman–Crippen LogP) is 2.08. The molecule has 0 radical (unpaired) electrons. The number of fused-ring (bicyclic) bond motifs is 1. The van der Waals surface area contributed by atoms with E-state index in [-0.39, 0.29) is 11.5 Å². The van der Waals surface area contributed by atoms with Crippen molar-refractivity contribution in [2.45, 2.75) is 6.42 Å². The van der Waals surface area contributed by atoms with E-state index in [1.807, 2.05) is 0 Å². The lowest BCUT2D eigenvalue weighted by atomic mass is 10.1. The van der Waals surface area contributed by atoms with Gasteiger partial charge in [0.2, 0.25) is 0 Å². The van der Waals surface area contributed by atoms with Gasteiger partial charge in [0.05, 0.1) is 17.4 Å². The number of rotatable bonds is 5. The van der Waals surface area contributed by atoms with Gasteiger partial charge in [-0.3, -0.25) is 4.79 Å². The zero-order valence-corrected chi connectivity index (χ0v) is 15.0. The molecule has 0 aliphatic carbocycles. The maximum atomic E-state index is 13.7. The van der Waals surface area contributed by atoms with E-state index in [0.717, 1.165) is 31.7 Å². The molecule has 0 unspecified atom stereocenters. The Hall–Kier alpha value is -2.93. The number of aromatic amines is 1. The number of anilines is 1. The van der Waals surface area contributed by atoms with Gasteiger partial charge in [0.15, 0.2) is 0 Å². The fourth-order valence-corrected chi connectivity index (χ4v) is 3.40. The first kappa shape index (κ1) is 17.5. The monoisotopic (exact) mass is 367 g/mol. The standard InChI is InChI=1S/C20H22FN5O/c21-15-11-17(19-18(12-15)24-13-25-19)20(27)23-6-5-14-1-3-16(4-2-14)26-9-7-22-8-10-26/h1-4,11-13,22H,5-10H2,(H,23,27)(H,24,25). The van der Waals surface area contributed by atoms with Gasteiger partial charge in [-0.1, -0.05) is 12.1 Å². The maximum Gasteiger partial charge on any atom is 0.253 e. The fourth-order valence-electron chi connectivity index (χ4n) is 3.40. The number of aromatic nitrogens is 2. The molecule has 0 atom stereocenters. The van der Waals surface area contributed by atoms with Crippen molar-refractivity contribution in [1.82, 2.24) is 20.6 Å². The third kappa shape index (κ3) is 3.93. The Balaban J connectivity index is 1.35. The molecule has 4 rings (SSSR count). The topological polar surface area (TPSA) is 73.1 Å². The minimum absolute atomic E-state index is 0.250. The number of amides is 1. The summed E-state index contributed by atoms with van der Waals surface area (Å²) in [5, 5.41) is 6.21. The van der Waals surface area contributed by atoms with Crippen molar-refractivity contribution in [2.75, 3.05) is 37.6 Å². The summed E-state index contributed by atoms with van der Waals surface area (Å²) in [5.41, 5.74) is 3.63. The highest BCUT2D eigenvalue weighted by Crippen LogP contribution is 2.18.